The van der Waals surface area contributed by atoms with Gasteiger partial charge in [0.15, 0.2) is 11.5 Å². The Morgan fingerprint density at radius 3 is 2.12 bits per heavy atom. The zero-order valence-corrected chi connectivity index (χ0v) is 20.5. The van der Waals surface area contributed by atoms with E-state index in [0.717, 1.165) is 55.0 Å². The molecule has 2 N–H and O–H groups in total. The molecule has 34 heavy (non-hydrogen) atoms. The number of benzene rings is 2. The maximum Gasteiger partial charge on any atom is 0.223 e. The average Bonchev–Trinajstić information content (AvgIpc) is 3.06. The molecule has 0 aromatic heterocycles. The van der Waals surface area contributed by atoms with Crippen LogP contribution in [0.15, 0.2) is 24.3 Å². The molecule has 7 heteroatoms. The molecule has 1 aliphatic carbocycles. The number of nitrogens with zero attached hydrogens (tertiary/aromatic N) is 2. The van der Waals surface area contributed by atoms with Gasteiger partial charge >= 0.3 is 0 Å². The van der Waals surface area contributed by atoms with Crippen molar-refractivity contribution >= 4 is 5.91 Å². The van der Waals surface area contributed by atoms with Crippen LogP contribution in [-0.2, 0) is 37.3 Å². The zero-order valence-electron chi connectivity index (χ0n) is 20.5. The number of aliphatic hydroxyl groups excluding tert-OH is 2. The first-order valence-electron chi connectivity index (χ1n) is 12.0. The Hall–Kier alpha value is -2.61. The summed E-state index contributed by atoms with van der Waals surface area (Å²) in [5.41, 5.74) is 6.51. The molecule has 0 saturated heterocycles. The lowest BCUT2D eigenvalue weighted by Gasteiger charge is -2.34. The predicted octanol–water partition coefficient (Wildman–Crippen LogP) is 2.28. The van der Waals surface area contributed by atoms with Gasteiger partial charge in [0.05, 0.1) is 27.4 Å². The fourth-order valence-electron chi connectivity index (χ4n) is 5.24. The van der Waals surface area contributed by atoms with E-state index in [1.165, 1.54) is 22.3 Å². The van der Waals surface area contributed by atoms with Crippen molar-refractivity contribution in [3.63, 3.8) is 0 Å². The third-order valence-corrected chi connectivity index (χ3v) is 7.31. The Morgan fingerprint density at radius 2 is 1.56 bits per heavy atom. The van der Waals surface area contributed by atoms with E-state index in [9.17, 15) is 15.0 Å². The molecule has 0 unspecified atom stereocenters. The molecule has 0 bridgehead atoms. The van der Waals surface area contributed by atoms with Gasteiger partial charge in [-0.25, -0.2) is 0 Å². The van der Waals surface area contributed by atoms with E-state index in [0.29, 0.717) is 25.4 Å². The van der Waals surface area contributed by atoms with Gasteiger partial charge in [0.25, 0.3) is 0 Å². The minimum atomic E-state index is -0.0794. The second kappa shape index (κ2) is 10.8. The minimum Gasteiger partial charge on any atom is -0.493 e. The van der Waals surface area contributed by atoms with Crippen LogP contribution in [0.4, 0.5) is 0 Å². The number of carbonyl (C=O) groups is 1. The van der Waals surface area contributed by atoms with Crippen LogP contribution in [0.5, 0.6) is 11.5 Å². The molecular weight excluding hydrogens is 432 g/mol. The predicted molar refractivity (Wildman–Crippen MR) is 130 cm³/mol. The van der Waals surface area contributed by atoms with Crippen molar-refractivity contribution < 1.29 is 24.5 Å². The van der Waals surface area contributed by atoms with Crippen LogP contribution in [0.2, 0.25) is 0 Å². The smallest absolute Gasteiger partial charge is 0.223 e. The van der Waals surface area contributed by atoms with Crippen molar-refractivity contribution in [3.05, 3.63) is 57.6 Å². The molecule has 1 heterocycles. The van der Waals surface area contributed by atoms with Crippen LogP contribution in [0.3, 0.4) is 0 Å². The summed E-state index contributed by atoms with van der Waals surface area (Å²) >= 11 is 0. The van der Waals surface area contributed by atoms with Gasteiger partial charge in [-0.15, -0.1) is 0 Å². The lowest BCUT2D eigenvalue weighted by atomic mass is 9.77. The van der Waals surface area contributed by atoms with E-state index in [4.69, 9.17) is 9.47 Å². The zero-order chi connectivity index (χ0) is 24.2. The number of hydrogen-bond donors (Lipinski definition) is 2. The van der Waals surface area contributed by atoms with Crippen LogP contribution in [0, 0.1) is 0 Å². The Kier molecular flexibility index (Phi) is 7.76. The Morgan fingerprint density at radius 1 is 0.971 bits per heavy atom. The first-order valence-corrected chi connectivity index (χ1v) is 12.0. The molecular formula is C27H36N2O5. The van der Waals surface area contributed by atoms with Crippen molar-refractivity contribution in [2.24, 2.45) is 0 Å². The number of carbonyl (C=O) groups excluding carboxylic acids is 1. The molecule has 1 aliphatic heterocycles. The highest BCUT2D eigenvalue weighted by Gasteiger charge is 2.29. The summed E-state index contributed by atoms with van der Waals surface area (Å²) in [6, 6.07) is 8.13. The number of rotatable bonds is 9. The maximum absolute atomic E-state index is 13.0. The van der Waals surface area contributed by atoms with E-state index in [1.807, 2.05) is 17.0 Å². The minimum absolute atomic E-state index is 0.0794. The summed E-state index contributed by atoms with van der Waals surface area (Å²) in [5, 5.41) is 19.2. The van der Waals surface area contributed by atoms with E-state index < -0.39 is 0 Å². The number of fused-ring (bicyclic) bond motifs is 2. The summed E-state index contributed by atoms with van der Waals surface area (Å²) in [7, 11) is 5.40. The quantitative estimate of drug-likeness (QED) is 0.588. The Labute approximate surface area is 201 Å². The SMILES string of the molecule is COc1cc2c(cc1OC)[C@@H](CN(C)CCC(=O)N1CCc3cc(CO)c(CO)cc3CC1)C2. The number of hydrogen-bond acceptors (Lipinski definition) is 6. The van der Waals surface area contributed by atoms with Crippen LogP contribution in [0.25, 0.3) is 0 Å². The average molecular weight is 469 g/mol. The standard InChI is InChI=1S/C27H36N2O5/c1-28(15-21-12-20-13-25(33-2)26(34-3)14-24(20)21)7-6-27(32)29-8-4-18-10-22(16-30)23(17-31)11-19(18)5-9-29/h10-11,13-14,21,30-31H,4-9,12,15-17H2,1-3H3/t21-/m1/s1. The molecule has 2 aliphatic rings. The number of ether oxygens (including phenoxy) is 2. The summed E-state index contributed by atoms with van der Waals surface area (Å²) < 4.78 is 10.8. The van der Waals surface area contributed by atoms with Crippen molar-refractivity contribution in [3.8, 4) is 11.5 Å². The first kappa shape index (κ1) is 24.5. The lowest BCUT2D eigenvalue weighted by Crippen LogP contribution is -2.37. The number of methoxy groups -OCH3 is 2. The number of likely N-dealkylation sites (N-methyl/N-ethyl adjacent to an activating group) is 1. The van der Waals surface area contributed by atoms with Gasteiger partial charge in [0.1, 0.15) is 0 Å². The third kappa shape index (κ3) is 5.06. The fourth-order valence-corrected chi connectivity index (χ4v) is 5.24. The highest BCUT2D eigenvalue weighted by molar-refractivity contribution is 5.76. The van der Waals surface area contributed by atoms with E-state index in [2.05, 4.69) is 24.1 Å². The van der Waals surface area contributed by atoms with Crippen LogP contribution >= 0.6 is 0 Å². The van der Waals surface area contributed by atoms with Gasteiger partial charge in [-0.1, -0.05) is 12.1 Å². The summed E-state index contributed by atoms with van der Waals surface area (Å²) in [6.45, 7) is 2.86. The summed E-state index contributed by atoms with van der Waals surface area (Å²) in [6.07, 6.45) is 3.08. The van der Waals surface area contributed by atoms with Gasteiger partial charge in [0.2, 0.25) is 5.91 Å². The monoisotopic (exact) mass is 468 g/mol. The van der Waals surface area contributed by atoms with Gasteiger partial charge in [-0.3, -0.25) is 4.79 Å². The maximum atomic E-state index is 13.0. The van der Waals surface area contributed by atoms with Crippen molar-refractivity contribution in [2.45, 2.75) is 44.8 Å². The van der Waals surface area contributed by atoms with Crippen molar-refractivity contribution in [1.82, 2.24) is 9.80 Å². The highest BCUT2D eigenvalue weighted by Crippen LogP contribution is 2.42. The van der Waals surface area contributed by atoms with E-state index in [1.54, 1.807) is 14.2 Å². The molecule has 0 radical (unpaired) electrons. The highest BCUT2D eigenvalue weighted by atomic mass is 16.5. The largest absolute Gasteiger partial charge is 0.493 e. The molecule has 0 saturated carbocycles. The van der Waals surface area contributed by atoms with Crippen LogP contribution in [-0.4, -0.2) is 73.4 Å². The topological polar surface area (TPSA) is 82.5 Å². The molecule has 184 valence electrons. The molecule has 7 nitrogen and oxygen atoms in total. The van der Waals surface area contributed by atoms with Gasteiger partial charge in [-0.05, 0) is 71.8 Å². The summed E-state index contributed by atoms with van der Waals surface area (Å²) in [4.78, 5) is 17.2. The molecule has 1 amide bonds. The Balaban J connectivity index is 1.28. The van der Waals surface area contributed by atoms with E-state index in [-0.39, 0.29) is 19.1 Å². The van der Waals surface area contributed by atoms with Crippen molar-refractivity contribution in [2.75, 3.05) is 47.4 Å². The van der Waals surface area contributed by atoms with Gasteiger partial charge < -0.3 is 29.5 Å². The van der Waals surface area contributed by atoms with Gasteiger partial charge in [-0.2, -0.15) is 0 Å². The fraction of sp³-hybridized carbons (Fsp3) is 0.519. The van der Waals surface area contributed by atoms with Crippen LogP contribution in [0.1, 0.15) is 45.7 Å². The van der Waals surface area contributed by atoms with Crippen LogP contribution < -0.4 is 9.47 Å². The molecule has 2 aromatic carbocycles. The van der Waals surface area contributed by atoms with Gasteiger partial charge in [0, 0.05) is 38.5 Å². The summed E-state index contributed by atoms with van der Waals surface area (Å²) in [5.74, 6) is 2.18. The number of amides is 1. The molecule has 0 spiro atoms. The molecule has 1 atom stereocenters. The normalized spacial score (nSPS) is 17.0. The second-order valence-corrected chi connectivity index (χ2v) is 9.41. The Bertz CT molecular complexity index is 1000. The molecule has 0 fully saturated rings. The lowest BCUT2D eigenvalue weighted by molar-refractivity contribution is -0.131. The van der Waals surface area contributed by atoms with Crippen molar-refractivity contribution in [1.29, 1.82) is 0 Å². The third-order valence-electron chi connectivity index (χ3n) is 7.31. The molecule has 2 aromatic rings. The van der Waals surface area contributed by atoms with E-state index >= 15 is 0 Å². The second-order valence-electron chi connectivity index (χ2n) is 9.41. The first-order chi connectivity index (χ1) is 16.5. The number of aliphatic hydroxyl groups is 2. The molecule has 4 rings (SSSR count).